The minimum Gasteiger partial charge on any atom is -0.362 e. The van der Waals surface area contributed by atoms with Crippen LogP contribution >= 0.6 is 0 Å². The van der Waals surface area contributed by atoms with Gasteiger partial charge in [0.25, 0.3) is 0 Å². The van der Waals surface area contributed by atoms with E-state index in [0.29, 0.717) is 17.6 Å². The second kappa shape index (κ2) is 5.16. The van der Waals surface area contributed by atoms with Crippen molar-refractivity contribution in [2.45, 2.75) is 40.2 Å². The predicted molar refractivity (Wildman–Crippen MR) is 67.1 cm³/mol. The zero-order valence-corrected chi connectivity index (χ0v) is 11.0. The Morgan fingerprint density at radius 3 is 2.53 bits per heavy atom. The van der Waals surface area contributed by atoms with Gasteiger partial charge in [-0.25, -0.2) is 0 Å². The highest BCUT2D eigenvalue weighted by molar-refractivity contribution is 5.53. The van der Waals surface area contributed by atoms with Crippen LogP contribution in [0.15, 0.2) is 0 Å². The van der Waals surface area contributed by atoms with Gasteiger partial charge in [-0.3, -0.25) is 4.57 Å². The van der Waals surface area contributed by atoms with Crippen molar-refractivity contribution in [2.75, 3.05) is 5.32 Å². The van der Waals surface area contributed by atoms with Crippen molar-refractivity contribution in [3.05, 3.63) is 15.9 Å². The molecule has 0 saturated carbocycles. The molecule has 0 aliphatic heterocycles. The lowest BCUT2D eigenvalue weighted by molar-refractivity contribution is -0.388. The Hall–Kier alpha value is -1.59. The minimum absolute atomic E-state index is 0.0967. The normalized spacial score (nSPS) is 12.8. The Labute approximate surface area is 101 Å². The number of nitro groups is 1. The first-order valence-electron chi connectivity index (χ1n) is 5.77. The van der Waals surface area contributed by atoms with Crippen molar-refractivity contribution in [3.8, 4) is 0 Å². The largest absolute Gasteiger partial charge is 0.406 e. The monoisotopic (exact) mass is 240 g/mol. The first-order valence-corrected chi connectivity index (χ1v) is 5.77. The van der Waals surface area contributed by atoms with Crippen LogP contribution in [0.3, 0.4) is 0 Å². The van der Waals surface area contributed by atoms with Gasteiger partial charge in [0, 0.05) is 20.0 Å². The van der Waals surface area contributed by atoms with E-state index in [-0.39, 0.29) is 11.9 Å². The molecule has 1 unspecified atom stereocenters. The first-order chi connectivity index (χ1) is 7.82. The maximum absolute atomic E-state index is 10.9. The van der Waals surface area contributed by atoms with Gasteiger partial charge in [-0.05, 0) is 29.2 Å². The third-order valence-corrected chi connectivity index (χ3v) is 2.68. The Bertz CT molecular complexity index is 412. The predicted octanol–water partition coefficient (Wildman–Crippen LogP) is 2.48. The van der Waals surface area contributed by atoms with Crippen LogP contribution < -0.4 is 5.32 Å². The van der Waals surface area contributed by atoms with Crippen LogP contribution in [0.2, 0.25) is 0 Å². The lowest BCUT2D eigenvalue weighted by atomic mass is 10.1. The van der Waals surface area contributed by atoms with Gasteiger partial charge in [0.15, 0.2) is 0 Å². The minimum atomic E-state index is -0.447. The number of aromatic nitrogens is 2. The number of hydrogen-bond donors (Lipinski definition) is 1. The van der Waals surface area contributed by atoms with Crippen molar-refractivity contribution in [3.63, 3.8) is 0 Å². The van der Waals surface area contributed by atoms with Crippen molar-refractivity contribution >= 4 is 11.6 Å². The topological polar surface area (TPSA) is 73.0 Å². The van der Waals surface area contributed by atoms with E-state index in [1.165, 1.54) is 0 Å². The molecule has 0 aliphatic rings. The third kappa shape index (κ3) is 3.18. The summed E-state index contributed by atoms with van der Waals surface area (Å²) >= 11 is 0. The SMILES string of the molecule is Cc1nc([N+](=O)[O-])c(NC(C)CC(C)C)n1C. The fourth-order valence-corrected chi connectivity index (χ4v) is 1.88. The molecule has 1 heterocycles. The molecule has 0 aliphatic carbocycles. The van der Waals surface area contributed by atoms with Crippen molar-refractivity contribution in [1.82, 2.24) is 9.55 Å². The summed E-state index contributed by atoms with van der Waals surface area (Å²) < 4.78 is 1.72. The van der Waals surface area contributed by atoms with Crippen molar-refractivity contribution in [1.29, 1.82) is 0 Å². The van der Waals surface area contributed by atoms with E-state index < -0.39 is 4.92 Å². The van der Waals surface area contributed by atoms with Gasteiger partial charge < -0.3 is 15.4 Å². The lowest BCUT2D eigenvalue weighted by Crippen LogP contribution is -2.20. The van der Waals surface area contributed by atoms with Crippen LogP contribution in [-0.4, -0.2) is 20.5 Å². The molecule has 17 heavy (non-hydrogen) atoms. The first kappa shape index (κ1) is 13.5. The van der Waals surface area contributed by atoms with Gasteiger partial charge >= 0.3 is 5.82 Å². The highest BCUT2D eigenvalue weighted by Crippen LogP contribution is 2.25. The number of nitrogens with zero attached hydrogens (tertiary/aromatic N) is 3. The molecular formula is C11H20N4O2. The summed E-state index contributed by atoms with van der Waals surface area (Å²) in [6, 6.07) is 0.184. The maximum Gasteiger partial charge on any atom is 0.406 e. The quantitative estimate of drug-likeness (QED) is 0.634. The highest BCUT2D eigenvalue weighted by atomic mass is 16.6. The summed E-state index contributed by atoms with van der Waals surface area (Å²) in [6.07, 6.45) is 0.960. The third-order valence-electron chi connectivity index (χ3n) is 2.68. The van der Waals surface area contributed by atoms with Gasteiger partial charge in [0.1, 0.15) is 0 Å². The molecule has 0 amide bonds. The Morgan fingerprint density at radius 2 is 2.06 bits per heavy atom. The average molecular weight is 240 g/mol. The van der Waals surface area contributed by atoms with Gasteiger partial charge in [-0.15, -0.1) is 0 Å². The molecule has 0 radical (unpaired) electrons. The summed E-state index contributed by atoms with van der Waals surface area (Å²) in [5.74, 6) is 1.57. The molecule has 0 fully saturated rings. The molecule has 6 heteroatoms. The lowest BCUT2D eigenvalue weighted by Gasteiger charge is -2.16. The number of nitrogens with one attached hydrogen (secondary N) is 1. The van der Waals surface area contributed by atoms with E-state index in [9.17, 15) is 10.1 Å². The van der Waals surface area contributed by atoms with Crippen LogP contribution in [-0.2, 0) is 7.05 Å². The molecule has 1 N–H and O–H groups in total. The fourth-order valence-electron chi connectivity index (χ4n) is 1.88. The van der Waals surface area contributed by atoms with Crippen LogP contribution in [0.4, 0.5) is 11.6 Å². The van der Waals surface area contributed by atoms with E-state index in [2.05, 4.69) is 24.1 Å². The molecule has 1 rings (SSSR count). The molecule has 1 atom stereocenters. The zero-order chi connectivity index (χ0) is 13.2. The second-order valence-corrected chi connectivity index (χ2v) is 4.82. The molecule has 1 aromatic rings. The van der Waals surface area contributed by atoms with E-state index in [1.54, 1.807) is 18.5 Å². The molecule has 0 spiro atoms. The summed E-state index contributed by atoms with van der Waals surface area (Å²) in [5, 5.41) is 14.1. The molecule has 96 valence electrons. The van der Waals surface area contributed by atoms with Gasteiger partial charge in [-0.1, -0.05) is 13.8 Å². The van der Waals surface area contributed by atoms with Crippen LogP contribution in [0.1, 0.15) is 33.0 Å². The molecule has 0 bridgehead atoms. The van der Waals surface area contributed by atoms with E-state index >= 15 is 0 Å². The number of aryl methyl sites for hydroxylation is 1. The molecular weight excluding hydrogens is 220 g/mol. The van der Waals surface area contributed by atoms with Gasteiger partial charge in [0.05, 0.1) is 0 Å². The fraction of sp³-hybridized carbons (Fsp3) is 0.727. The number of anilines is 1. The Morgan fingerprint density at radius 1 is 1.47 bits per heavy atom. The number of hydrogen-bond acceptors (Lipinski definition) is 4. The number of rotatable bonds is 5. The molecule has 1 aromatic heterocycles. The van der Waals surface area contributed by atoms with Crippen LogP contribution in [0.5, 0.6) is 0 Å². The molecule has 0 saturated heterocycles. The van der Waals surface area contributed by atoms with Gasteiger partial charge in [-0.2, -0.15) is 0 Å². The smallest absolute Gasteiger partial charge is 0.362 e. The summed E-state index contributed by atoms with van der Waals surface area (Å²) in [4.78, 5) is 14.4. The second-order valence-electron chi connectivity index (χ2n) is 4.82. The summed E-state index contributed by atoms with van der Waals surface area (Å²) in [6.45, 7) is 8.03. The molecule has 6 nitrogen and oxygen atoms in total. The summed E-state index contributed by atoms with van der Waals surface area (Å²) in [5.41, 5.74) is 0. The van der Waals surface area contributed by atoms with Crippen LogP contribution in [0.25, 0.3) is 0 Å². The van der Waals surface area contributed by atoms with Crippen molar-refractivity contribution < 1.29 is 4.92 Å². The zero-order valence-electron chi connectivity index (χ0n) is 11.0. The van der Waals surface area contributed by atoms with E-state index in [4.69, 9.17) is 0 Å². The summed E-state index contributed by atoms with van der Waals surface area (Å²) in [7, 11) is 1.78. The molecule has 0 aromatic carbocycles. The Balaban J connectivity index is 2.93. The Kier molecular flexibility index (Phi) is 4.09. The van der Waals surface area contributed by atoms with E-state index in [1.807, 2.05) is 6.92 Å². The van der Waals surface area contributed by atoms with Gasteiger partial charge in [0.2, 0.25) is 11.6 Å². The number of imidazole rings is 1. The van der Waals surface area contributed by atoms with Crippen LogP contribution in [0, 0.1) is 23.0 Å². The average Bonchev–Trinajstić information content (AvgIpc) is 2.44. The standard InChI is InChI=1S/C11H20N4O2/c1-7(2)6-8(3)12-10-11(15(16)17)13-9(4)14(10)5/h7-8,12H,6H2,1-5H3. The highest BCUT2D eigenvalue weighted by Gasteiger charge is 2.24. The van der Waals surface area contributed by atoms with Crippen molar-refractivity contribution in [2.24, 2.45) is 13.0 Å². The van der Waals surface area contributed by atoms with E-state index in [0.717, 1.165) is 6.42 Å². The maximum atomic E-state index is 10.9.